The van der Waals surface area contributed by atoms with Gasteiger partial charge in [-0.05, 0) is 81.4 Å². The number of hydrazine groups is 1. The zero-order chi connectivity index (χ0) is 34.1. The van der Waals surface area contributed by atoms with Crippen molar-refractivity contribution in [3.63, 3.8) is 0 Å². The van der Waals surface area contributed by atoms with Crippen LogP contribution in [0, 0.1) is 20.8 Å². The van der Waals surface area contributed by atoms with Gasteiger partial charge in [0.25, 0.3) is 17.7 Å². The van der Waals surface area contributed by atoms with Crippen molar-refractivity contribution in [2.75, 3.05) is 5.32 Å². The SMILES string of the molecule is Cc1ccc(C(=O)O[C@H](C(=O)O)[C@@H](OC(=O)c2ccc(C)cc2)C(=O)NNC(=O)c2ccc(NC(=O)c3cccc(C)c3)cc2)cc1. The van der Waals surface area contributed by atoms with Gasteiger partial charge in [-0.3, -0.25) is 25.2 Å². The highest BCUT2D eigenvalue weighted by Crippen LogP contribution is 2.16. The monoisotopic (exact) mass is 637 g/mol. The Bertz CT molecular complexity index is 1800. The molecule has 0 aliphatic carbocycles. The van der Waals surface area contributed by atoms with Crippen molar-refractivity contribution in [1.82, 2.24) is 10.9 Å². The number of aliphatic carboxylic acids is 1. The molecule has 3 amide bonds. The number of amides is 3. The summed E-state index contributed by atoms with van der Waals surface area (Å²) in [5, 5.41) is 12.6. The van der Waals surface area contributed by atoms with Gasteiger partial charge in [0.15, 0.2) is 0 Å². The Kier molecular flexibility index (Phi) is 10.8. The molecule has 0 saturated carbocycles. The van der Waals surface area contributed by atoms with Crippen molar-refractivity contribution in [2.24, 2.45) is 0 Å². The summed E-state index contributed by atoms with van der Waals surface area (Å²) in [6.45, 7) is 5.43. The second kappa shape index (κ2) is 15.1. The molecule has 4 rings (SSSR count). The Morgan fingerprint density at radius 3 is 1.57 bits per heavy atom. The third-order valence-corrected chi connectivity index (χ3v) is 6.80. The van der Waals surface area contributed by atoms with Crippen LogP contribution in [0.5, 0.6) is 0 Å². The minimum atomic E-state index is -2.29. The first-order valence-electron chi connectivity index (χ1n) is 14.3. The number of carboxylic acids is 1. The number of benzene rings is 4. The summed E-state index contributed by atoms with van der Waals surface area (Å²) in [6.07, 6.45) is -4.50. The molecule has 4 aromatic rings. The third-order valence-electron chi connectivity index (χ3n) is 6.80. The fourth-order valence-corrected chi connectivity index (χ4v) is 4.20. The van der Waals surface area contributed by atoms with Crippen LogP contribution in [0.4, 0.5) is 5.69 Å². The second-order valence-electron chi connectivity index (χ2n) is 10.6. The average molecular weight is 638 g/mol. The van der Waals surface area contributed by atoms with Crippen molar-refractivity contribution in [1.29, 1.82) is 0 Å². The smallest absolute Gasteiger partial charge is 0.349 e. The van der Waals surface area contributed by atoms with Crippen molar-refractivity contribution in [3.8, 4) is 0 Å². The molecule has 0 heterocycles. The molecule has 0 aliphatic rings. The highest BCUT2D eigenvalue weighted by molar-refractivity contribution is 6.05. The van der Waals surface area contributed by atoms with Crippen molar-refractivity contribution >= 4 is 41.3 Å². The lowest BCUT2D eigenvalue weighted by Crippen LogP contribution is -2.54. The quantitative estimate of drug-likeness (QED) is 0.147. The van der Waals surface area contributed by atoms with Crippen LogP contribution in [0.1, 0.15) is 58.1 Å². The predicted octanol–water partition coefficient (Wildman–Crippen LogP) is 4.16. The van der Waals surface area contributed by atoms with Gasteiger partial charge in [-0.1, -0.05) is 53.1 Å². The van der Waals surface area contributed by atoms with Crippen LogP contribution in [-0.2, 0) is 19.1 Å². The molecule has 47 heavy (non-hydrogen) atoms. The Balaban J connectivity index is 1.47. The van der Waals surface area contributed by atoms with Gasteiger partial charge in [0.1, 0.15) is 0 Å². The summed E-state index contributed by atoms with van der Waals surface area (Å²) in [6, 6.07) is 24.8. The van der Waals surface area contributed by atoms with Crippen LogP contribution in [0.2, 0.25) is 0 Å². The fraction of sp³-hybridized carbons (Fsp3) is 0.143. The molecule has 0 unspecified atom stereocenters. The number of aryl methyl sites for hydroxylation is 3. The van der Waals surface area contributed by atoms with Gasteiger partial charge in [-0.15, -0.1) is 0 Å². The number of carbonyl (C=O) groups is 6. The summed E-state index contributed by atoms with van der Waals surface area (Å²) in [5.74, 6) is -6.39. The van der Waals surface area contributed by atoms with Gasteiger partial charge in [0.2, 0.25) is 12.2 Å². The molecule has 12 heteroatoms. The summed E-state index contributed by atoms with van der Waals surface area (Å²) >= 11 is 0. The van der Waals surface area contributed by atoms with E-state index in [0.717, 1.165) is 16.7 Å². The first kappa shape index (κ1) is 33.6. The number of esters is 2. The fourth-order valence-electron chi connectivity index (χ4n) is 4.20. The molecule has 240 valence electrons. The maximum atomic E-state index is 13.2. The van der Waals surface area contributed by atoms with E-state index in [9.17, 15) is 33.9 Å². The highest BCUT2D eigenvalue weighted by Gasteiger charge is 2.41. The summed E-state index contributed by atoms with van der Waals surface area (Å²) in [4.78, 5) is 76.5. The predicted molar refractivity (Wildman–Crippen MR) is 170 cm³/mol. The Morgan fingerprint density at radius 1 is 0.553 bits per heavy atom. The normalized spacial score (nSPS) is 11.7. The average Bonchev–Trinajstić information content (AvgIpc) is 3.05. The van der Waals surface area contributed by atoms with E-state index in [1.807, 2.05) is 18.4 Å². The highest BCUT2D eigenvalue weighted by atomic mass is 16.6. The lowest BCUT2D eigenvalue weighted by Gasteiger charge is -2.23. The zero-order valence-electron chi connectivity index (χ0n) is 25.6. The lowest BCUT2D eigenvalue weighted by atomic mass is 10.1. The number of hydrogen-bond acceptors (Lipinski definition) is 8. The van der Waals surface area contributed by atoms with Gasteiger partial charge < -0.3 is 19.9 Å². The second-order valence-corrected chi connectivity index (χ2v) is 10.6. The Labute approximate surface area is 269 Å². The molecule has 0 spiro atoms. The third kappa shape index (κ3) is 9.11. The van der Waals surface area contributed by atoms with E-state index < -0.39 is 41.9 Å². The summed E-state index contributed by atoms with van der Waals surface area (Å²) in [7, 11) is 0. The number of rotatable bonds is 10. The van der Waals surface area contributed by atoms with E-state index in [1.165, 1.54) is 48.5 Å². The number of ether oxygens (including phenoxy) is 2. The molecule has 2 atom stereocenters. The minimum absolute atomic E-state index is 0.000940. The van der Waals surface area contributed by atoms with Crippen LogP contribution in [0.3, 0.4) is 0 Å². The van der Waals surface area contributed by atoms with Gasteiger partial charge in [0.05, 0.1) is 11.1 Å². The van der Waals surface area contributed by atoms with Crippen LogP contribution < -0.4 is 16.2 Å². The molecule has 0 aromatic heterocycles. The molecular formula is C35H31N3O9. The lowest BCUT2D eigenvalue weighted by molar-refractivity contribution is -0.159. The van der Waals surface area contributed by atoms with E-state index >= 15 is 0 Å². The zero-order valence-corrected chi connectivity index (χ0v) is 25.6. The van der Waals surface area contributed by atoms with E-state index in [2.05, 4.69) is 10.7 Å². The molecule has 4 N–H and O–H groups in total. The van der Waals surface area contributed by atoms with E-state index in [0.29, 0.717) is 11.3 Å². The number of carboxylic acid groups (broad SMARTS) is 1. The molecular weight excluding hydrogens is 606 g/mol. The van der Waals surface area contributed by atoms with E-state index in [-0.39, 0.29) is 22.6 Å². The molecule has 4 aromatic carbocycles. The standard InChI is InChI=1S/C35H31N3O9/c1-20-7-11-24(12-8-20)34(44)46-28(29(33(42)43)47-35(45)25-13-9-21(2)10-14-25)32(41)38-37-31(40)23-15-17-27(18-16-23)36-30(39)26-6-4-5-22(3)19-26/h4-19,28-29H,1-3H3,(H,36,39)(H,37,40)(H,38,41)(H,42,43)/t28-,29+/m1/s1. The number of carbonyl (C=O) groups excluding carboxylic acids is 5. The van der Waals surface area contributed by atoms with Gasteiger partial charge in [0, 0.05) is 16.8 Å². The first-order chi connectivity index (χ1) is 22.4. The van der Waals surface area contributed by atoms with E-state index in [4.69, 9.17) is 9.47 Å². The first-order valence-corrected chi connectivity index (χ1v) is 14.3. The number of hydrogen-bond donors (Lipinski definition) is 4. The molecule has 0 bridgehead atoms. The molecule has 0 fully saturated rings. The van der Waals surface area contributed by atoms with Crippen molar-refractivity contribution < 1.29 is 43.3 Å². The van der Waals surface area contributed by atoms with Crippen molar-refractivity contribution in [2.45, 2.75) is 33.0 Å². The van der Waals surface area contributed by atoms with Crippen LogP contribution in [0.25, 0.3) is 0 Å². The van der Waals surface area contributed by atoms with Crippen LogP contribution >= 0.6 is 0 Å². The van der Waals surface area contributed by atoms with Gasteiger partial charge in [-0.25, -0.2) is 14.4 Å². The molecule has 12 nitrogen and oxygen atoms in total. The topological polar surface area (TPSA) is 177 Å². The largest absolute Gasteiger partial charge is 0.478 e. The molecule has 0 aliphatic heterocycles. The van der Waals surface area contributed by atoms with Gasteiger partial charge >= 0.3 is 17.9 Å². The van der Waals surface area contributed by atoms with Crippen LogP contribution in [-0.4, -0.2) is 52.9 Å². The van der Waals surface area contributed by atoms with Crippen molar-refractivity contribution in [3.05, 3.63) is 136 Å². The van der Waals surface area contributed by atoms with Crippen LogP contribution in [0.15, 0.2) is 97.1 Å². The summed E-state index contributed by atoms with van der Waals surface area (Å²) in [5.41, 5.74) is 7.66. The Hall–Kier alpha value is -6.30. The molecule has 0 saturated heterocycles. The van der Waals surface area contributed by atoms with E-state index in [1.54, 1.807) is 56.3 Å². The minimum Gasteiger partial charge on any atom is -0.478 e. The molecule has 0 radical (unpaired) electrons. The van der Waals surface area contributed by atoms with Gasteiger partial charge in [-0.2, -0.15) is 0 Å². The Morgan fingerprint density at radius 2 is 1.06 bits per heavy atom. The maximum absolute atomic E-state index is 13.2. The maximum Gasteiger partial charge on any atom is 0.349 e. The number of anilines is 1. The number of nitrogens with one attached hydrogen (secondary N) is 3. The summed E-state index contributed by atoms with van der Waals surface area (Å²) < 4.78 is 10.4.